The monoisotopic (exact) mass is 106 g/mol. The summed E-state index contributed by atoms with van der Waals surface area (Å²) < 4.78 is 11.8. The van der Waals surface area contributed by atoms with E-state index in [1.165, 1.54) is 0 Å². The molecule has 1 atom stereocenters. The Labute approximate surface area is 45.7 Å². The van der Waals surface area contributed by atoms with Crippen LogP contribution in [0.4, 0.5) is 4.39 Å². The van der Waals surface area contributed by atoms with Crippen molar-refractivity contribution in [3.05, 3.63) is 0 Å². The van der Waals surface area contributed by atoms with Crippen LogP contribution >= 0.6 is 0 Å². The van der Waals surface area contributed by atoms with Crippen LogP contribution < -0.4 is 0 Å². The van der Waals surface area contributed by atoms with Crippen molar-refractivity contribution < 1.29 is 4.39 Å². The predicted octanol–water partition coefficient (Wildman–Crippen LogP) is 2.64. The summed E-state index contributed by atoms with van der Waals surface area (Å²) in [5.41, 5.74) is 0. The van der Waals surface area contributed by atoms with Gasteiger partial charge in [-0.15, -0.1) is 0 Å². The summed E-state index contributed by atoms with van der Waals surface area (Å²) in [6.45, 7) is 5.31. The maximum absolute atomic E-state index is 11.8. The molecule has 0 radical (unpaired) electrons. The predicted molar refractivity (Wildman–Crippen MR) is 32.1 cm³/mol. The van der Waals surface area contributed by atoms with E-state index in [1.807, 2.05) is 13.8 Å². The molecule has 0 aliphatic heterocycles. The average Bonchev–Trinajstić information content (AvgIpc) is 1.36. The van der Waals surface area contributed by atoms with Crippen molar-refractivity contribution in [1.29, 1.82) is 0 Å². The zero-order valence-corrected chi connectivity index (χ0v) is 4.53. The van der Waals surface area contributed by atoms with Crippen LogP contribution in [0.2, 0.25) is 0 Å². The third kappa shape index (κ3) is 5.93. The molecular weight excluding hydrogens is 91.1 g/mol. The maximum Gasteiger partial charge on any atom is 0.0996 e. The summed E-state index contributed by atoms with van der Waals surface area (Å²) in [4.78, 5) is 0. The fraction of sp³-hybridized carbons (Fsp3) is 1.00. The van der Waals surface area contributed by atoms with Gasteiger partial charge in [-0.3, -0.25) is 0 Å². The third-order valence-electron chi connectivity index (χ3n) is 0.919. The van der Waals surface area contributed by atoms with Gasteiger partial charge in [0, 0.05) is 0 Å². The highest BCUT2D eigenvalue weighted by atomic mass is 19.1. The molecule has 0 aliphatic rings. The lowest BCUT2D eigenvalue weighted by molar-refractivity contribution is 0.280. The molecule has 1 heteroatoms. The van der Waals surface area contributed by atoms with Gasteiger partial charge in [-0.25, -0.2) is 4.39 Å². The van der Waals surface area contributed by atoms with E-state index >= 15 is 0 Å². The molecule has 0 saturated heterocycles. The van der Waals surface area contributed by atoms with Crippen LogP contribution in [0.5, 0.6) is 0 Å². The van der Waals surface area contributed by atoms with Crippen LogP contribution in [0.3, 0.4) is 0 Å². The van der Waals surface area contributed by atoms with E-state index < -0.39 is 6.17 Å². The van der Waals surface area contributed by atoms with Crippen LogP contribution in [0.15, 0.2) is 0 Å². The first kappa shape index (κ1) is 10.0. The van der Waals surface area contributed by atoms with Gasteiger partial charge in [0.1, 0.15) is 0 Å². The Morgan fingerprint density at radius 2 is 1.29 bits per heavy atom. The van der Waals surface area contributed by atoms with E-state index in [9.17, 15) is 4.39 Å². The largest absolute Gasteiger partial charge is 0.248 e. The van der Waals surface area contributed by atoms with Gasteiger partial charge in [0.25, 0.3) is 0 Å². The number of hydrogen-bond acceptors (Lipinski definition) is 0. The molecule has 1 unspecified atom stereocenters. The van der Waals surface area contributed by atoms with Crippen LogP contribution in [0, 0.1) is 5.92 Å². The summed E-state index contributed by atoms with van der Waals surface area (Å²) in [5.74, 6) is 0.185. The highest BCUT2D eigenvalue weighted by Gasteiger charge is 2.00. The summed E-state index contributed by atoms with van der Waals surface area (Å²) in [6, 6.07) is 0. The topological polar surface area (TPSA) is 0 Å². The summed E-state index contributed by atoms with van der Waals surface area (Å²) in [5, 5.41) is 0. The third-order valence-corrected chi connectivity index (χ3v) is 0.919. The number of hydrogen-bond donors (Lipinski definition) is 0. The van der Waals surface area contributed by atoms with Crippen LogP contribution in [0.1, 0.15) is 28.2 Å². The standard InChI is InChI=1S/C5H11F.CH4/c1-4(2)5(3)6;/h4-5H,1-3H3;1H4. The van der Waals surface area contributed by atoms with E-state index in [-0.39, 0.29) is 13.3 Å². The van der Waals surface area contributed by atoms with E-state index in [1.54, 1.807) is 6.92 Å². The maximum atomic E-state index is 11.8. The zero-order chi connectivity index (χ0) is 5.15. The molecule has 0 saturated carbocycles. The normalized spacial score (nSPS) is 13.3. The van der Waals surface area contributed by atoms with Gasteiger partial charge >= 0.3 is 0 Å². The molecule has 0 fully saturated rings. The minimum atomic E-state index is -0.648. The van der Waals surface area contributed by atoms with E-state index in [4.69, 9.17) is 0 Å². The smallest absolute Gasteiger partial charge is 0.0996 e. The lowest BCUT2D eigenvalue weighted by atomic mass is 10.1. The first-order valence-electron chi connectivity index (χ1n) is 2.28. The Balaban J connectivity index is 0. The van der Waals surface area contributed by atoms with Gasteiger partial charge in [0.05, 0.1) is 6.17 Å². The lowest BCUT2D eigenvalue weighted by Gasteiger charge is -2.01. The Morgan fingerprint density at radius 3 is 1.29 bits per heavy atom. The summed E-state index contributed by atoms with van der Waals surface area (Å²) >= 11 is 0. The fourth-order valence-electron chi connectivity index (χ4n) is 0. The molecular formula is C6H15F. The molecule has 0 amide bonds. The van der Waals surface area contributed by atoms with Crippen molar-refractivity contribution >= 4 is 0 Å². The van der Waals surface area contributed by atoms with Crippen LogP contribution in [-0.2, 0) is 0 Å². The first-order chi connectivity index (χ1) is 2.64. The van der Waals surface area contributed by atoms with Crippen molar-refractivity contribution in [3.8, 4) is 0 Å². The van der Waals surface area contributed by atoms with Gasteiger partial charge in [0.2, 0.25) is 0 Å². The minimum absolute atomic E-state index is 0. The van der Waals surface area contributed by atoms with Crippen LogP contribution in [0.25, 0.3) is 0 Å². The minimum Gasteiger partial charge on any atom is -0.248 e. The number of rotatable bonds is 1. The van der Waals surface area contributed by atoms with Gasteiger partial charge in [-0.1, -0.05) is 21.3 Å². The Hall–Kier alpha value is -0.0700. The van der Waals surface area contributed by atoms with Crippen molar-refractivity contribution in [2.75, 3.05) is 0 Å². The molecule has 0 aromatic heterocycles. The number of halogens is 1. The molecule has 0 heterocycles. The average molecular weight is 106 g/mol. The van der Waals surface area contributed by atoms with Crippen molar-refractivity contribution in [1.82, 2.24) is 0 Å². The molecule has 0 nitrogen and oxygen atoms in total. The summed E-state index contributed by atoms with van der Waals surface area (Å²) in [6.07, 6.45) is -0.648. The number of alkyl halides is 1. The zero-order valence-electron chi connectivity index (χ0n) is 4.53. The first-order valence-corrected chi connectivity index (χ1v) is 2.28. The van der Waals surface area contributed by atoms with Crippen molar-refractivity contribution in [3.63, 3.8) is 0 Å². The second-order valence-corrected chi connectivity index (χ2v) is 1.92. The van der Waals surface area contributed by atoms with Gasteiger partial charge in [-0.05, 0) is 12.8 Å². The fourth-order valence-corrected chi connectivity index (χ4v) is 0. The summed E-state index contributed by atoms with van der Waals surface area (Å²) in [7, 11) is 0. The second-order valence-electron chi connectivity index (χ2n) is 1.92. The van der Waals surface area contributed by atoms with E-state index in [0.29, 0.717) is 0 Å². The van der Waals surface area contributed by atoms with Gasteiger partial charge in [0.15, 0.2) is 0 Å². The quantitative estimate of drug-likeness (QED) is 0.482. The molecule has 0 bridgehead atoms. The lowest BCUT2D eigenvalue weighted by Crippen LogP contribution is -2.01. The van der Waals surface area contributed by atoms with E-state index in [2.05, 4.69) is 0 Å². The van der Waals surface area contributed by atoms with Crippen molar-refractivity contribution in [2.45, 2.75) is 34.4 Å². The molecule has 0 aromatic carbocycles. The SMILES string of the molecule is C.CC(C)C(C)F. The highest BCUT2D eigenvalue weighted by Crippen LogP contribution is 2.02. The Kier molecular flexibility index (Phi) is 5.87. The molecule has 0 spiro atoms. The highest BCUT2D eigenvalue weighted by molar-refractivity contribution is 4.49. The van der Waals surface area contributed by atoms with Gasteiger partial charge < -0.3 is 0 Å². The molecule has 0 aromatic rings. The Bertz CT molecular complexity index is 25.2. The molecule has 0 N–H and O–H groups in total. The molecule has 7 heavy (non-hydrogen) atoms. The molecule has 0 rings (SSSR count). The van der Waals surface area contributed by atoms with Crippen LogP contribution in [-0.4, -0.2) is 6.17 Å². The van der Waals surface area contributed by atoms with E-state index in [0.717, 1.165) is 0 Å². The van der Waals surface area contributed by atoms with Gasteiger partial charge in [-0.2, -0.15) is 0 Å². The van der Waals surface area contributed by atoms with Crippen molar-refractivity contribution in [2.24, 2.45) is 5.92 Å². The Morgan fingerprint density at radius 1 is 1.14 bits per heavy atom. The molecule has 46 valence electrons. The second kappa shape index (κ2) is 4.10. The molecule has 0 aliphatic carbocycles.